The molecular weight excluding hydrogens is 358 g/mol. The van der Waals surface area contributed by atoms with Crippen molar-refractivity contribution < 1.29 is 19.1 Å². The minimum absolute atomic E-state index is 0.0853. The molecular formula is C21H25N3O4. The normalized spacial score (nSPS) is 12.9. The van der Waals surface area contributed by atoms with Crippen LogP contribution < -0.4 is 14.8 Å². The number of rotatable bonds is 9. The van der Waals surface area contributed by atoms with Gasteiger partial charge in [-0.1, -0.05) is 18.2 Å². The number of aryl methyl sites for hydroxylation is 1. The van der Waals surface area contributed by atoms with E-state index in [4.69, 9.17) is 9.47 Å². The molecule has 3 rings (SSSR count). The molecule has 1 N–H and O–H groups in total. The number of benzene rings is 1. The van der Waals surface area contributed by atoms with Crippen LogP contribution in [0.4, 0.5) is 5.82 Å². The first kappa shape index (κ1) is 19.7. The second-order valence-electron chi connectivity index (χ2n) is 6.78. The van der Waals surface area contributed by atoms with Crippen LogP contribution in [0.15, 0.2) is 42.6 Å². The van der Waals surface area contributed by atoms with E-state index in [1.54, 1.807) is 36.4 Å². The van der Waals surface area contributed by atoms with Gasteiger partial charge in [-0.15, -0.1) is 0 Å². The third-order valence-electron chi connectivity index (χ3n) is 4.49. The number of para-hydroxylation sites is 2. The molecule has 0 aliphatic heterocycles. The van der Waals surface area contributed by atoms with Crippen LogP contribution in [0.3, 0.4) is 0 Å². The lowest BCUT2D eigenvalue weighted by Gasteiger charge is -2.22. The van der Waals surface area contributed by atoms with Crippen molar-refractivity contribution in [3.8, 4) is 11.5 Å². The molecule has 1 aliphatic carbocycles. The number of nitrogens with zero attached hydrogens (tertiary/aromatic N) is 2. The topological polar surface area (TPSA) is 80.8 Å². The minimum atomic E-state index is -0.166. The highest BCUT2D eigenvalue weighted by molar-refractivity contribution is 5.90. The lowest BCUT2D eigenvalue weighted by atomic mass is 10.3. The maximum atomic E-state index is 12.6. The Balaban J connectivity index is 1.51. The second-order valence-corrected chi connectivity index (χ2v) is 6.78. The third kappa shape index (κ3) is 5.45. The summed E-state index contributed by atoms with van der Waals surface area (Å²) in [7, 11) is 1.56. The number of nitrogens with one attached hydrogen (secondary N) is 1. The van der Waals surface area contributed by atoms with Crippen LogP contribution in [-0.2, 0) is 9.59 Å². The van der Waals surface area contributed by atoms with E-state index in [0.717, 1.165) is 18.4 Å². The van der Waals surface area contributed by atoms with Crippen LogP contribution >= 0.6 is 0 Å². The standard InChI is InChI=1S/C21H25N3O4/c1-15-7-10-19(22-13-15)23-20(25)11-12-24(16-8-9-16)21(26)14-28-18-6-4-3-5-17(18)27-2/h3-7,10,13,16H,8-9,11-12,14H2,1-2H3,(H,22,23,25). The molecule has 1 saturated carbocycles. The van der Waals surface area contributed by atoms with Crippen LogP contribution in [-0.4, -0.2) is 48.0 Å². The summed E-state index contributed by atoms with van der Waals surface area (Å²) in [6, 6.07) is 11.0. The lowest BCUT2D eigenvalue weighted by molar-refractivity contribution is -0.134. The Bertz CT molecular complexity index is 819. The number of carbonyl (C=O) groups is 2. The molecule has 1 fully saturated rings. The van der Waals surface area contributed by atoms with Gasteiger partial charge in [0.05, 0.1) is 7.11 Å². The van der Waals surface area contributed by atoms with E-state index in [2.05, 4.69) is 10.3 Å². The van der Waals surface area contributed by atoms with Crippen LogP contribution in [0.2, 0.25) is 0 Å². The summed E-state index contributed by atoms with van der Waals surface area (Å²) in [4.78, 5) is 30.7. The molecule has 0 unspecified atom stereocenters. The number of amides is 2. The number of hydrogen-bond acceptors (Lipinski definition) is 5. The average molecular weight is 383 g/mol. The summed E-state index contributed by atoms with van der Waals surface area (Å²) in [5.74, 6) is 1.32. The predicted octanol–water partition coefficient (Wildman–Crippen LogP) is 2.80. The second kappa shape index (κ2) is 9.21. The Morgan fingerprint density at radius 2 is 1.93 bits per heavy atom. The summed E-state index contributed by atoms with van der Waals surface area (Å²) >= 11 is 0. The minimum Gasteiger partial charge on any atom is -0.493 e. The number of carbonyl (C=O) groups excluding carboxylic acids is 2. The Morgan fingerprint density at radius 3 is 2.57 bits per heavy atom. The number of hydrogen-bond donors (Lipinski definition) is 1. The summed E-state index contributed by atoms with van der Waals surface area (Å²) in [6.07, 6.45) is 3.83. The van der Waals surface area contributed by atoms with Gasteiger partial charge in [0.1, 0.15) is 5.82 Å². The van der Waals surface area contributed by atoms with E-state index < -0.39 is 0 Å². The van der Waals surface area contributed by atoms with E-state index >= 15 is 0 Å². The fourth-order valence-corrected chi connectivity index (χ4v) is 2.83. The molecule has 1 heterocycles. The zero-order chi connectivity index (χ0) is 19.9. The van der Waals surface area contributed by atoms with Crippen LogP contribution in [0, 0.1) is 6.92 Å². The first-order chi connectivity index (χ1) is 13.6. The number of anilines is 1. The lowest BCUT2D eigenvalue weighted by Crippen LogP contribution is -2.38. The van der Waals surface area contributed by atoms with Crippen LogP contribution in [0.1, 0.15) is 24.8 Å². The summed E-state index contributed by atoms with van der Waals surface area (Å²) < 4.78 is 10.9. The summed E-state index contributed by atoms with van der Waals surface area (Å²) in [5.41, 5.74) is 1.03. The van der Waals surface area contributed by atoms with Crippen molar-refractivity contribution >= 4 is 17.6 Å². The highest BCUT2D eigenvalue weighted by atomic mass is 16.5. The smallest absolute Gasteiger partial charge is 0.260 e. The van der Waals surface area contributed by atoms with Crippen molar-refractivity contribution in [3.05, 3.63) is 48.2 Å². The largest absolute Gasteiger partial charge is 0.493 e. The highest BCUT2D eigenvalue weighted by Crippen LogP contribution is 2.28. The number of ether oxygens (including phenoxy) is 2. The summed E-state index contributed by atoms with van der Waals surface area (Å²) in [5, 5.41) is 2.76. The molecule has 28 heavy (non-hydrogen) atoms. The van der Waals surface area contributed by atoms with Gasteiger partial charge in [0.2, 0.25) is 5.91 Å². The van der Waals surface area contributed by atoms with Gasteiger partial charge in [-0.25, -0.2) is 4.98 Å². The predicted molar refractivity (Wildman–Crippen MR) is 105 cm³/mol. The van der Waals surface area contributed by atoms with E-state index in [9.17, 15) is 9.59 Å². The monoisotopic (exact) mass is 383 g/mol. The molecule has 2 amide bonds. The van der Waals surface area contributed by atoms with E-state index in [1.807, 2.05) is 25.1 Å². The van der Waals surface area contributed by atoms with Crippen molar-refractivity contribution in [2.24, 2.45) is 0 Å². The first-order valence-electron chi connectivity index (χ1n) is 9.34. The quantitative estimate of drug-likeness (QED) is 0.720. The van der Waals surface area contributed by atoms with Gasteiger partial charge in [0.25, 0.3) is 5.91 Å². The molecule has 1 aromatic carbocycles. The molecule has 0 bridgehead atoms. The molecule has 0 atom stereocenters. The fraction of sp³-hybridized carbons (Fsp3) is 0.381. The Morgan fingerprint density at radius 1 is 1.18 bits per heavy atom. The van der Waals surface area contributed by atoms with Gasteiger partial charge < -0.3 is 19.7 Å². The summed E-state index contributed by atoms with van der Waals surface area (Å²) in [6.45, 7) is 2.21. The van der Waals surface area contributed by atoms with E-state index in [1.165, 1.54) is 0 Å². The van der Waals surface area contributed by atoms with Gasteiger partial charge in [0, 0.05) is 25.2 Å². The van der Waals surface area contributed by atoms with Gasteiger partial charge in [-0.3, -0.25) is 9.59 Å². The molecule has 0 spiro atoms. The zero-order valence-corrected chi connectivity index (χ0v) is 16.2. The van der Waals surface area contributed by atoms with Crippen molar-refractivity contribution in [2.45, 2.75) is 32.2 Å². The number of aromatic nitrogens is 1. The Kier molecular flexibility index (Phi) is 6.47. The maximum absolute atomic E-state index is 12.6. The first-order valence-corrected chi connectivity index (χ1v) is 9.34. The SMILES string of the molecule is COc1ccccc1OCC(=O)N(CCC(=O)Nc1ccc(C)cn1)C1CC1. The van der Waals surface area contributed by atoms with Gasteiger partial charge in [-0.2, -0.15) is 0 Å². The van der Waals surface area contributed by atoms with Crippen molar-refractivity contribution in [3.63, 3.8) is 0 Å². The third-order valence-corrected chi connectivity index (χ3v) is 4.49. The number of methoxy groups -OCH3 is 1. The molecule has 7 nitrogen and oxygen atoms in total. The Labute approximate surface area is 164 Å². The molecule has 0 saturated heterocycles. The van der Waals surface area contributed by atoms with E-state index in [0.29, 0.717) is 23.9 Å². The number of pyridine rings is 1. The van der Waals surface area contributed by atoms with E-state index in [-0.39, 0.29) is 30.9 Å². The van der Waals surface area contributed by atoms with Gasteiger partial charge >= 0.3 is 0 Å². The average Bonchev–Trinajstić information content (AvgIpc) is 3.53. The molecule has 1 aliphatic rings. The van der Waals surface area contributed by atoms with Crippen molar-refractivity contribution in [1.29, 1.82) is 0 Å². The van der Waals surface area contributed by atoms with Crippen LogP contribution in [0.25, 0.3) is 0 Å². The van der Waals surface area contributed by atoms with Crippen LogP contribution in [0.5, 0.6) is 11.5 Å². The zero-order valence-electron chi connectivity index (χ0n) is 16.2. The van der Waals surface area contributed by atoms with Gasteiger partial charge in [-0.05, 0) is 43.5 Å². The highest BCUT2D eigenvalue weighted by Gasteiger charge is 2.32. The molecule has 1 aromatic heterocycles. The van der Waals surface area contributed by atoms with Crippen molar-refractivity contribution in [1.82, 2.24) is 9.88 Å². The molecule has 2 aromatic rings. The Hall–Kier alpha value is -3.09. The van der Waals surface area contributed by atoms with Gasteiger partial charge in [0.15, 0.2) is 18.1 Å². The molecule has 7 heteroatoms. The van der Waals surface area contributed by atoms with Crippen molar-refractivity contribution in [2.75, 3.05) is 25.6 Å². The molecule has 0 radical (unpaired) electrons. The fourth-order valence-electron chi connectivity index (χ4n) is 2.83. The maximum Gasteiger partial charge on any atom is 0.260 e. The molecule has 148 valence electrons.